The smallest absolute Gasteiger partial charge is 0.415 e. The first kappa shape index (κ1) is 16.6. The van der Waals surface area contributed by atoms with Crippen molar-refractivity contribution in [2.24, 2.45) is 4.99 Å². The van der Waals surface area contributed by atoms with Crippen molar-refractivity contribution < 1.29 is 9.53 Å². The molecule has 0 aromatic heterocycles. The number of carbonyl (C=O) groups is 1. The number of amides is 1. The fourth-order valence-electron chi connectivity index (χ4n) is 2.67. The maximum Gasteiger partial charge on any atom is 0.415 e. The molecule has 1 amide bonds. The first-order valence-electron chi connectivity index (χ1n) is 7.93. The third-order valence-corrected chi connectivity index (χ3v) is 4.87. The van der Waals surface area contributed by atoms with Crippen LogP contribution >= 0.6 is 11.8 Å². The molecule has 1 atom stereocenters. The highest BCUT2D eigenvalue weighted by Crippen LogP contribution is 2.27. The highest BCUT2D eigenvalue weighted by atomic mass is 32.2. The fourth-order valence-corrected chi connectivity index (χ4v) is 3.65. The summed E-state index contributed by atoms with van der Waals surface area (Å²) in [6.45, 7) is 0.642. The highest BCUT2D eigenvalue weighted by molar-refractivity contribution is 8.14. The zero-order chi connectivity index (χ0) is 16.8. The van der Waals surface area contributed by atoms with E-state index < -0.39 is 0 Å². The van der Waals surface area contributed by atoms with Gasteiger partial charge in [0.1, 0.15) is 0 Å². The predicted octanol–water partition coefficient (Wildman–Crippen LogP) is 4.14. The number of ether oxygens (including phenoxy) is 1. The van der Waals surface area contributed by atoms with Crippen molar-refractivity contribution in [3.05, 3.63) is 71.8 Å². The molecule has 2 aromatic carbocycles. The van der Waals surface area contributed by atoms with Crippen molar-refractivity contribution in [3.8, 4) is 0 Å². The summed E-state index contributed by atoms with van der Waals surface area (Å²) < 4.78 is 4.86. The van der Waals surface area contributed by atoms with Gasteiger partial charge < -0.3 is 4.74 Å². The van der Waals surface area contributed by atoms with Gasteiger partial charge >= 0.3 is 6.09 Å². The Bertz CT molecular complexity index is 704. The molecule has 4 nitrogen and oxygen atoms in total. The summed E-state index contributed by atoms with van der Waals surface area (Å²) >= 11 is 1.60. The zero-order valence-corrected chi connectivity index (χ0v) is 14.4. The van der Waals surface area contributed by atoms with Gasteiger partial charge in [-0.1, -0.05) is 72.4 Å². The Labute approximate surface area is 146 Å². The van der Waals surface area contributed by atoms with E-state index in [0.717, 1.165) is 22.9 Å². The van der Waals surface area contributed by atoms with Crippen molar-refractivity contribution in [2.75, 3.05) is 19.4 Å². The molecule has 1 heterocycles. The standard InChI is InChI=1S/C19H20N2O2S/c1-23-19(22)21-12-13-24-18(21)20-17(16-10-6-3-7-11-16)14-15-8-4-2-5-9-15/h2-11,17H,12-14H2,1H3. The maximum atomic E-state index is 11.9. The van der Waals surface area contributed by atoms with E-state index in [2.05, 4.69) is 24.3 Å². The zero-order valence-electron chi connectivity index (χ0n) is 13.6. The van der Waals surface area contributed by atoms with Gasteiger partial charge in [0.15, 0.2) is 5.17 Å². The van der Waals surface area contributed by atoms with Gasteiger partial charge in [-0.3, -0.25) is 9.89 Å². The molecule has 5 heteroatoms. The fraction of sp³-hybridized carbons (Fsp3) is 0.263. The molecule has 0 N–H and O–H groups in total. The molecule has 2 aromatic rings. The summed E-state index contributed by atoms with van der Waals surface area (Å²) in [7, 11) is 1.40. The van der Waals surface area contributed by atoms with Crippen LogP contribution in [0.25, 0.3) is 0 Å². The van der Waals surface area contributed by atoms with E-state index in [1.165, 1.54) is 12.7 Å². The number of thioether (sulfide) groups is 1. The second-order valence-corrected chi connectivity index (χ2v) is 6.56. The second kappa shape index (κ2) is 8.02. The number of carbonyl (C=O) groups excluding carboxylic acids is 1. The summed E-state index contributed by atoms with van der Waals surface area (Å²) in [5.41, 5.74) is 2.37. The summed E-state index contributed by atoms with van der Waals surface area (Å²) in [5.74, 6) is 0.848. The van der Waals surface area contributed by atoms with Crippen LogP contribution in [0, 0.1) is 0 Å². The molecule has 0 saturated carbocycles. The minimum atomic E-state index is -0.342. The lowest BCUT2D eigenvalue weighted by Gasteiger charge is -2.18. The summed E-state index contributed by atoms with van der Waals surface area (Å²) in [6, 6.07) is 20.5. The molecule has 3 rings (SSSR count). The largest absolute Gasteiger partial charge is 0.452 e. The Morgan fingerprint density at radius 2 is 1.83 bits per heavy atom. The molecule has 0 aliphatic carbocycles. The average Bonchev–Trinajstić information content (AvgIpc) is 3.10. The monoisotopic (exact) mass is 340 g/mol. The maximum absolute atomic E-state index is 11.9. The molecule has 24 heavy (non-hydrogen) atoms. The van der Waals surface area contributed by atoms with Crippen LogP contribution in [0.4, 0.5) is 4.79 Å². The van der Waals surface area contributed by atoms with Gasteiger partial charge in [0.25, 0.3) is 0 Å². The number of benzene rings is 2. The first-order valence-corrected chi connectivity index (χ1v) is 8.91. The number of methoxy groups -OCH3 is 1. The first-order chi connectivity index (χ1) is 11.8. The lowest BCUT2D eigenvalue weighted by molar-refractivity contribution is 0.149. The van der Waals surface area contributed by atoms with Crippen molar-refractivity contribution in [1.29, 1.82) is 0 Å². The molecule has 0 spiro atoms. The van der Waals surface area contributed by atoms with E-state index >= 15 is 0 Å². The van der Waals surface area contributed by atoms with E-state index in [1.807, 2.05) is 36.4 Å². The molecule has 0 radical (unpaired) electrons. The van der Waals surface area contributed by atoms with Crippen molar-refractivity contribution in [2.45, 2.75) is 12.5 Å². The Balaban J connectivity index is 1.90. The van der Waals surface area contributed by atoms with Gasteiger partial charge in [0.2, 0.25) is 0 Å². The van der Waals surface area contributed by atoms with Gasteiger partial charge in [0.05, 0.1) is 13.2 Å². The normalized spacial score (nSPS) is 17.0. The van der Waals surface area contributed by atoms with Crippen LogP contribution in [-0.4, -0.2) is 35.6 Å². The molecule has 124 valence electrons. The summed E-state index contributed by atoms with van der Waals surface area (Å²) in [4.78, 5) is 18.4. The third-order valence-electron chi connectivity index (χ3n) is 3.89. The third kappa shape index (κ3) is 3.97. The number of hydrogen-bond donors (Lipinski definition) is 0. The van der Waals surface area contributed by atoms with E-state index in [-0.39, 0.29) is 12.1 Å². The van der Waals surface area contributed by atoms with Crippen LogP contribution in [-0.2, 0) is 11.2 Å². The van der Waals surface area contributed by atoms with Crippen LogP contribution in [0.5, 0.6) is 0 Å². The van der Waals surface area contributed by atoms with E-state index in [1.54, 1.807) is 16.7 Å². The average molecular weight is 340 g/mol. The Morgan fingerprint density at radius 3 is 2.50 bits per heavy atom. The van der Waals surface area contributed by atoms with E-state index in [9.17, 15) is 4.79 Å². The number of nitrogens with zero attached hydrogens (tertiary/aromatic N) is 2. The van der Waals surface area contributed by atoms with Crippen molar-refractivity contribution in [3.63, 3.8) is 0 Å². The Hall–Kier alpha value is -2.27. The van der Waals surface area contributed by atoms with Gasteiger partial charge in [-0.25, -0.2) is 4.79 Å². The minimum absolute atomic E-state index is 0.0265. The molecular weight excluding hydrogens is 320 g/mol. The number of hydrogen-bond acceptors (Lipinski definition) is 4. The topological polar surface area (TPSA) is 41.9 Å². The molecule has 1 aliphatic heterocycles. The molecule has 1 aliphatic rings. The lowest BCUT2D eigenvalue weighted by Crippen LogP contribution is -2.32. The SMILES string of the molecule is COC(=O)N1CCSC1=NC(Cc1ccccc1)c1ccccc1. The molecular formula is C19H20N2O2S. The molecule has 0 bridgehead atoms. The molecule has 1 saturated heterocycles. The summed E-state index contributed by atoms with van der Waals surface area (Å²) in [6.07, 6.45) is 0.453. The summed E-state index contributed by atoms with van der Waals surface area (Å²) in [5, 5.41) is 0.742. The van der Waals surface area contributed by atoms with Gasteiger partial charge in [-0.2, -0.15) is 0 Å². The highest BCUT2D eigenvalue weighted by Gasteiger charge is 2.27. The quantitative estimate of drug-likeness (QED) is 0.840. The molecule has 1 unspecified atom stereocenters. The van der Waals surface area contributed by atoms with E-state index in [4.69, 9.17) is 9.73 Å². The number of amidine groups is 1. The van der Waals surface area contributed by atoms with Crippen LogP contribution in [0.2, 0.25) is 0 Å². The van der Waals surface area contributed by atoms with Crippen LogP contribution < -0.4 is 0 Å². The van der Waals surface area contributed by atoms with E-state index in [0.29, 0.717) is 6.54 Å². The van der Waals surface area contributed by atoms with Gasteiger partial charge in [0, 0.05) is 12.3 Å². The van der Waals surface area contributed by atoms with Crippen LogP contribution in [0.15, 0.2) is 65.7 Å². The predicted molar refractivity (Wildman–Crippen MR) is 98.3 cm³/mol. The number of aliphatic imine (C=N–C) groups is 1. The van der Waals surface area contributed by atoms with Gasteiger partial charge in [-0.05, 0) is 17.5 Å². The van der Waals surface area contributed by atoms with Crippen molar-refractivity contribution in [1.82, 2.24) is 4.90 Å². The second-order valence-electron chi connectivity index (χ2n) is 5.50. The lowest BCUT2D eigenvalue weighted by atomic mass is 9.99. The Kier molecular flexibility index (Phi) is 5.54. The van der Waals surface area contributed by atoms with Gasteiger partial charge in [-0.15, -0.1) is 0 Å². The number of rotatable bonds is 4. The van der Waals surface area contributed by atoms with Crippen molar-refractivity contribution >= 4 is 23.0 Å². The van der Waals surface area contributed by atoms with Crippen LogP contribution in [0.3, 0.4) is 0 Å². The van der Waals surface area contributed by atoms with Crippen LogP contribution in [0.1, 0.15) is 17.2 Å². The minimum Gasteiger partial charge on any atom is -0.452 e. The molecule has 1 fully saturated rings. The Morgan fingerprint density at radius 1 is 1.17 bits per heavy atom.